The van der Waals surface area contributed by atoms with Crippen molar-refractivity contribution in [3.63, 3.8) is 0 Å². The van der Waals surface area contributed by atoms with Gasteiger partial charge in [-0.15, -0.1) is 12.4 Å². The number of carbonyl (C=O) groups excluding carboxylic acids is 2. The molecule has 8 heteroatoms. The Labute approximate surface area is 188 Å². The van der Waals surface area contributed by atoms with Gasteiger partial charge in [0.25, 0.3) is 0 Å². The maximum absolute atomic E-state index is 14.0. The number of hydrogen-bond acceptors (Lipinski definition) is 5. The zero-order valence-electron chi connectivity index (χ0n) is 17.7. The third kappa shape index (κ3) is 4.20. The first kappa shape index (κ1) is 22.5. The Hall–Kier alpha value is -1.70. The molecule has 31 heavy (non-hydrogen) atoms. The molecule has 2 atom stereocenters. The number of amides is 1. The van der Waals surface area contributed by atoms with Gasteiger partial charge in [-0.25, -0.2) is 14.2 Å². The van der Waals surface area contributed by atoms with E-state index in [-0.39, 0.29) is 36.2 Å². The van der Waals surface area contributed by atoms with Gasteiger partial charge in [0.15, 0.2) is 6.30 Å². The molecule has 2 saturated heterocycles. The second kappa shape index (κ2) is 9.04. The second-order valence-corrected chi connectivity index (χ2v) is 9.24. The minimum absolute atomic E-state index is 0. The van der Waals surface area contributed by atoms with Crippen LogP contribution in [0.1, 0.15) is 67.3 Å². The van der Waals surface area contributed by atoms with Crippen molar-refractivity contribution >= 4 is 24.3 Å². The molecule has 4 aliphatic rings. The standard InChI is InChI=1S/C23H30FN3O3.ClH/c24-20-8-4-13-26(20)15-17-5-3-14-27(17)25-21(28)16-9-11-23(12-10-16)19-7-2-1-6-18(19)22(29)30-23;/h1-2,6-7,16-17,20H,3-5,8-15H2,(H,25,28);1H/t16-,17?,20?,23-;. The van der Waals surface area contributed by atoms with Gasteiger partial charge in [0.05, 0.1) is 5.56 Å². The SMILES string of the molecule is Cl.O=C1O[C@]2(CC[C@H](C(=O)NN3CCCC3CN3CCCC3F)CC2)c2ccccc21. The highest BCUT2D eigenvalue weighted by atomic mass is 35.5. The van der Waals surface area contributed by atoms with E-state index in [9.17, 15) is 14.0 Å². The molecule has 1 spiro atoms. The van der Waals surface area contributed by atoms with Gasteiger partial charge in [0, 0.05) is 37.2 Å². The third-order valence-electron chi connectivity index (χ3n) is 7.45. The van der Waals surface area contributed by atoms with Crippen molar-refractivity contribution in [3.8, 4) is 0 Å². The summed E-state index contributed by atoms with van der Waals surface area (Å²) in [7, 11) is 0. The van der Waals surface area contributed by atoms with Crippen LogP contribution in [-0.4, -0.2) is 53.8 Å². The molecule has 5 rings (SSSR count). The topological polar surface area (TPSA) is 61.9 Å². The van der Waals surface area contributed by atoms with E-state index in [4.69, 9.17) is 4.74 Å². The molecule has 1 aromatic carbocycles. The Kier molecular flexibility index (Phi) is 6.56. The van der Waals surface area contributed by atoms with Gasteiger partial charge >= 0.3 is 5.97 Å². The number of nitrogens with one attached hydrogen (secondary N) is 1. The average molecular weight is 452 g/mol. The monoisotopic (exact) mass is 451 g/mol. The summed E-state index contributed by atoms with van der Waals surface area (Å²) < 4.78 is 19.8. The lowest BCUT2D eigenvalue weighted by molar-refractivity contribution is -0.133. The van der Waals surface area contributed by atoms with E-state index in [1.807, 2.05) is 34.2 Å². The van der Waals surface area contributed by atoms with Crippen molar-refractivity contribution in [2.45, 2.75) is 69.3 Å². The number of carbonyl (C=O) groups is 2. The molecule has 0 bridgehead atoms. The summed E-state index contributed by atoms with van der Waals surface area (Å²) in [5.74, 6) is -0.280. The summed E-state index contributed by atoms with van der Waals surface area (Å²) in [4.78, 5) is 27.1. The summed E-state index contributed by atoms with van der Waals surface area (Å²) in [6.45, 7) is 2.31. The van der Waals surface area contributed by atoms with Gasteiger partial charge in [-0.3, -0.25) is 15.1 Å². The number of alkyl halides is 1. The molecule has 2 unspecified atom stereocenters. The molecular weight excluding hydrogens is 421 g/mol. The second-order valence-electron chi connectivity index (χ2n) is 9.24. The minimum atomic E-state index is -0.838. The number of hydrogen-bond donors (Lipinski definition) is 1. The lowest BCUT2D eigenvalue weighted by Crippen LogP contribution is -2.51. The highest BCUT2D eigenvalue weighted by molar-refractivity contribution is 5.94. The fourth-order valence-electron chi connectivity index (χ4n) is 5.73. The molecule has 6 nitrogen and oxygen atoms in total. The van der Waals surface area contributed by atoms with Crippen molar-refractivity contribution in [2.24, 2.45) is 5.92 Å². The van der Waals surface area contributed by atoms with Crippen LogP contribution in [0.3, 0.4) is 0 Å². The lowest BCUT2D eigenvalue weighted by Gasteiger charge is -2.37. The molecule has 1 aliphatic carbocycles. The Morgan fingerprint density at radius 3 is 2.61 bits per heavy atom. The zero-order valence-corrected chi connectivity index (χ0v) is 18.5. The van der Waals surface area contributed by atoms with Gasteiger partial charge < -0.3 is 4.74 Å². The Balaban J connectivity index is 0.00000231. The number of likely N-dealkylation sites (tertiary alicyclic amines) is 1. The van der Waals surface area contributed by atoms with Gasteiger partial charge in [-0.05, 0) is 57.4 Å². The predicted octanol–water partition coefficient (Wildman–Crippen LogP) is 3.55. The van der Waals surface area contributed by atoms with E-state index < -0.39 is 11.9 Å². The minimum Gasteiger partial charge on any atom is -0.451 e. The van der Waals surface area contributed by atoms with Gasteiger partial charge in [0.2, 0.25) is 5.91 Å². The molecule has 0 aromatic heterocycles. The van der Waals surface area contributed by atoms with Crippen LogP contribution in [0.5, 0.6) is 0 Å². The Bertz CT molecular complexity index is 830. The number of halogens is 2. The smallest absolute Gasteiger partial charge is 0.339 e. The first-order valence-corrected chi connectivity index (χ1v) is 11.3. The van der Waals surface area contributed by atoms with Crippen LogP contribution >= 0.6 is 12.4 Å². The molecule has 3 heterocycles. The Morgan fingerprint density at radius 1 is 1.13 bits per heavy atom. The van der Waals surface area contributed by atoms with Crippen molar-refractivity contribution < 1.29 is 18.7 Å². The Morgan fingerprint density at radius 2 is 1.87 bits per heavy atom. The van der Waals surface area contributed by atoms with Crippen LogP contribution in [0.25, 0.3) is 0 Å². The molecule has 0 radical (unpaired) electrons. The van der Waals surface area contributed by atoms with Crippen LogP contribution in [-0.2, 0) is 15.1 Å². The van der Waals surface area contributed by atoms with Gasteiger partial charge in [-0.1, -0.05) is 18.2 Å². The van der Waals surface area contributed by atoms with Crippen LogP contribution in [0.4, 0.5) is 4.39 Å². The van der Waals surface area contributed by atoms with Crippen LogP contribution < -0.4 is 5.43 Å². The van der Waals surface area contributed by atoms with E-state index in [0.29, 0.717) is 44.2 Å². The number of ether oxygens (including phenoxy) is 1. The molecule has 1 amide bonds. The summed E-state index contributed by atoms with van der Waals surface area (Å²) in [6.07, 6.45) is 5.46. The van der Waals surface area contributed by atoms with Crippen LogP contribution in [0.15, 0.2) is 24.3 Å². The number of benzene rings is 1. The number of esters is 1. The normalized spacial score (nSPS) is 33.2. The first-order chi connectivity index (χ1) is 14.6. The quantitative estimate of drug-likeness (QED) is 0.560. The van der Waals surface area contributed by atoms with E-state index in [1.54, 1.807) is 0 Å². The zero-order chi connectivity index (χ0) is 20.7. The van der Waals surface area contributed by atoms with E-state index >= 15 is 0 Å². The molecule has 3 fully saturated rings. The first-order valence-electron chi connectivity index (χ1n) is 11.3. The fraction of sp³-hybridized carbons (Fsp3) is 0.652. The van der Waals surface area contributed by atoms with Crippen molar-refractivity contribution in [2.75, 3.05) is 19.6 Å². The predicted molar refractivity (Wildman–Crippen MR) is 116 cm³/mol. The van der Waals surface area contributed by atoms with Crippen LogP contribution in [0, 0.1) is 5.92 Å². The third-order valence-corrected chi connectivity index (χ3v) is 7.45. The van der Waals surface area contributed by atoms with Crippen LogP contribution in [0.2, 0.25) is 0 Å². The molecule has 1 aromatic rings. The molecule has 1 N–H and O–H groups in total. The van der Waals surface area contributed by atoms with Crippen molar-refractivity contribution in [3.05, 3.63) is 35.4 Å². The lowest BCUT2D eigenvalue weighted by atomic mass is 9.75. The molecule has 3 aliphatic heterocycles. The number of hydrazine groups is 1. The molecule has 170 valence electrons. The summed E-state index contributed by atoms with van der Waals surface area (Å²) in [6, 6.07) is 7.78. The van der Waals surface area contributed by atoms with E-state index in [0.717, 1.165) is 37.9 Å². The molecular formula is C23H31ClFN3O3. The number of nitrogens with zero attached hydrogens (tertiary/aromatic N) is 2. The summed E-state index contributed by atoms with van der Waals surface area (Å²) in [5, 5.41) is 2.03. The van der Waals surface area contributed by atoms with E-state index in [2.05, 4.69) is 5.43 Å². The fourth-order valence-corrected chi connectivity index (χ4v) is 5.73. The van der Waals surface area contributed by atoms with Crippen molar-refractivity contribution in [1.82, 2.24) is 15.3 Å². The van der Waals surface area contributed by atoms with Gasteiger partial charge in [-0.2, -0.15) is 0 Å². The highest BCUT2D eigenvalue weighted by Crippen LogP contribution is 2.48. The van der Waals surface area contributed by atoms with Gasteiger partial charge in [0.1, 0.15) is 5.60 Å². The maximum Gasteiger partial charge on any atom is 0.339 e. The average Bonchev–Trinajstić information content (AvgIpc) is 3.43. The summed E-state index contributed by atoms with van der Waals surface area (Å²) in [5.41, 5.74) is 4.20. The summed E-state index contributed by atoms with van der Waals surface area (Å²) >= 11 is 0. The van der Waals surface area contributed by atoms with Crippen molar-refractivity contribution in [1.29, 1.82) is 0 Å². The number of rotatable bonds is 4. The maximum atomic E-state index is 14.0. The van der Waals surface area contributed by atoms with E-state index in [1.165, 1.54) is 0 Å². The molecule has 1 saturated carbocycles. The number of fused-ring (bicyclic) bond motifs is 2. The highest BCUT2D eigenvalue weighted by Gasteiger charge is 2.48. The largest absolute Gasteiger partial charge is 0.451 e.